The third-order valence-corrected chi connectivity index (χ3v) is 3.72. The van der Waals surface area contributed by atoms with E-state index >= 15 is 0 Å². The smallest absolute Gasteiger partial charge is 0.166 e. The van der Waals surface area contributed by atoms with Gasteiger partial charge in [0.05, 0.1) is 11.1 Å². The Hall–Kier alpha value is -2.72. The molecule has 0 fully saturated rings. The third kappa shape index (κ3) is 2.14. The SMILES string of the molecule is Clc1ccc(-c2nn(-c3ccccc3)c3ncncc23)cc1. The average Bonchev–Trinajstić information content (AvgIpc) is 2.96. The predicted octanol–water partition coefficient (Wildman–Crippen LogP) is 4.14. The molecule has 106 valence electrons. The van der Waals surface area contributed by atoms with E-state index in [1.165, 1.54) is 6.33 Å². The number of nitrogens with zero attached hydrogens (tertiary/aromatic N) is 4. The van der Waals surface area contributed by atoms with Gasteiger partial charge in [0.1, 0.15) is 12.0 Å². The van der Waals surface area contributed by atoms with E-state index in [0.29, 0.717) is 5.02 Å². The predicted molar refractivity (Wildman–Crippen MR) is 87.1 cm³/mol. The van der Waals surface area contributed by atoms with Crippen molar-refractivity contribution in [3.63, 3.8) is 0 Å². The number of hydrogen-bond acceptors (Lipinski definition) is 3. The monoisotopic (exact) mass is 306 g/mol. The van der Waals surface area contributed by atoms with E-state index in [0.717, 1.165) is 28.0 Å². The average molecular weight is 307 g/mol. The molecule has 0 unspecified atom stereocenters. The number of fused-ring (bicyclic) bond motifs is 1. The van der Waals surface area contributed by atoms with Gasteiger partial charge in [-0.3, -0.25) is 0 Å². The molecule has 22 heavy (non-hydrogen) atoms. The van der Waals surface area contributed by atoms with Gasteiger partial charge in [-0.05, 0) is 24.3 Å². The number of hydrogen-bond donors (Lipinski definition) is 0. The van der Waals surface area contributed by atoms with Gasteiger partial charge in [0, 0.05) is 16.8 Å². The van der Waals surface area contributed by atoms with Crippen LogP contribution in [-0.2, 0) is 0 Å². The lowest BCUT2D eigenvalue weighted by Crippen LogP contribution is -1.97. The summed E-state index contributed by atoms with van der Waals surface area (Å²) in [5.74, 6) is 0. The molecular formula is C17H11ClN4. The lowest BCUT2D eigenvalue weighted by Gasteiger charge is -2.01. The molecule has 4 nitrogen and oxygen atoms in total. The number of para-hydroxylation sites is 1. The minimum absolute atomic E-state index is 0.701. The lowest BCUT2D eigenvalue weighted by molar-refractivity contribution is 0.899. The Balaban J connectivity index is 1.99. The van der Waals surface area contributed by atoms with E-state index in [9.17, 15) is 0 Å². The zero-order valence-electron chi connectivity index (χ0n) is 11.5. The van der Waals surface area contributed by atoms with Crippen molar-refractivity contribution in [1.82, 2.24) is 19.7 Å². The largest absolute Gasteiger partial charge is 0.244 e. The first-order chi connectivity index (χ1) is 10.8. The van der Waals surface area contributed by atoms with Gasteiger partial charge in [0.2, 0.25) is 0 Å². The first-order valence-corrected chi connectivity index (χ1v) is 7.21. The van der Waals surface area contributed by atoms with Crippen LogP contribution in [0, 0.1) is 0 Å². The van der Waals surface area contributed by atoms with Gasteiger partial charge in [-0.25, -0.2) is 14.6 Å². The van der Waals surface area contributed by atoms with Crippen molar-refractivity contribution in [3.05, 3.63) is 72.1 Å². The summed E-state index contributed by atoms with van der Waals surface area (Å²) < 4.78 is 1.83. The Labute approximate surface area is 132 Å². The standard InChI is InChI=1S/C17H11ClN4/c18-13-8-6-12(7-9-13)16-15-10-19-11-20-17(15)22(21-16)14-4-2-1-3-5-14/h1-11H. The van der Waals surface area contributed by atoms with Crippen molar-refractivity contribution in [2.24, 2.45) is 0 Å². The summed E-state index contributed by atoms with van der Waals surface area (Å²) in [4.78, 5) is 8.52. The minimum atomic E-state index is 0.701. The van der Waals surface area contributed by atoms with E-state index < -0.39 is 0 Å². The zero-order chi connectivity index (χ0) is 14.9. The van der Waals surface area contributed by atoms with Gasteiger partial charge in [0.25, 0.3) is 0 Å². The maximum atomic E-state index is 5.97. The summed E-state index contributed by atoms with van der Waals surface area (Å²) in [5.41, 5.74) is 3.58. The van der Waals surface area contributed by atoms with E-state index in [2.05, 4.69) is 9.97 Å². The first kappa shape index (κ1) is 13.0. The summed E-state index contributed by atoms with van der Waals surface area (Å²) in [6.45, 7) is 0. The highest BCUT2D eigenvalue weighted by atomic mass is 35.5. The molecular weight excluding hydrogens is 296 g/mol. The Morgan fingerprint density at radius 3 is 2.45 bits per heavy atom. The first-order valence-electron chi connectivity index (χ1n) is 6.83. The molecule has 0 radical (unpaired) electrons. The number of halogens is 1. The van der Waals surface area contributed by atoms with E-state index in [-0.39, 0.29) is 0 Å². The Morgan fingerprint density at radius 1 is 0.909 bits per heavy atom. The van der Waals surface area contributed by atoms with Gasteiger partial charge in [0.15, 0.2) is 5.65 Å². The fourth-order valence-electron chi connectivity index (χ4n) is 2.43. The molecule has 0 aliphatic rings. The molecule has 4 rings (SSSR count). The molecule has 0 saturated heterocycles. The Morgan fingerprint density at radius 2 is 1.68 bits per heavy atom. The fourth-order valence-corrected chi connectivity index (χ4v) is 2.56. The fraction of sp³-hybridized carbons (Fsp3) is 0. The van der Waals surface area contributed by atoms with Crippen molar-refractivity contribution >= 4 is 22.6 Å². The van der Waals surface area contributed by atoms with Crippen LogP contribution in [0.5, 0.6) is 0 Å². The molecule has 0 aliphatic carbocycles. The normalized spacial score (nSPS) is 11.0. The van der Waals surface area contributed by atoms with Crippen LogP contribution in [-0.4, -0.2) is 19.7 Å². The summed E-state index contributed by atoms with van der Waals surface area (Å²) in [6.07, 6.45) is 3.33. The number of rotatable bonds is 2. The molecule has 4 aromatic rings. The van der Waals surface area contributed by atoms with Crippen molar-refractivity contribution in [3.8, 4) is 16.9 Å². The number of benzene rings is 2. The van der Waals surface area contributed by atoms with Gasteiger partial charge >= 0.3 is 0 Å². The van der Waals surface area contributed by atoms with Crippen LogP contribution >= 0.6 is 11.6 Å². The summed E-state index contributed by atoms with van der Waals surface area (Å²) in [6, 6.07) is 17.5. The minimum Gasteiger partial charge on any atom is -0.244 e. The molecule has 5 heteroatoms. The third-order valence-electron chi connectivity index (χ3n) is 3.47. The lowest BCUT2D eigenvalue weighted by atomic mass is 10.1. The summed E-state index contributed by atoms with van der Waals surface area (Å²) in [7, 11) is 0. The topological polar surface area (TPSA) is 43.6 Å². The second kappa shape index (κ2) is 5.24. The molecule has 0 N–H and O–H groups in total. The quantitative estimate of drug-likeness (QED) is 0.559. The highest BCUT2D eigenvalue weighted by Crippen LogP contribution is 2.28. The highest BCUT2D eigenvalue weighted by molar-refractivity contribution is 6.30. The Kier molecular flexibility index (Phi) is 3.09. The zero-order valence-corrected chi connectivity index (χ0v) is 12.3. The molecule has 0 saturated carbocycles. The molecule has 0 atom stereocenters. The molecule has 2 heterocycles. The van der Waals surface area contributed by atoms with Gasteiger partial charge < -0.3 is 0 Å². The highest BCUT2D eigenvalue weighted by Gasteiger charge is 2.14. The van der Waals surface area contributed by atoms with Crippen LogP contribution in [0.3, 0.4) is 0 Å². The van der Waals surface area contributed by atoms with Gasteiger partial charge in [-0.2, -0.15) is 5.10 Å². The molecule has 2 aromatic carbocycles. The van der Waals surface area contributed by atoms with Crippen LogP contribution in [0.15, 0.2) is 67.1 Å². The molecule has 0 spiro atoms. The number of aromatic nitrogens is 4. The molecule has 0 aliphatic heterocycles. The maximum Gasteiger partial charge on any atom is 0.166 e. The van der Waals surface area contributed by atoms with Crippen molar-refractivity contribution in [1.29, 1.82) is 0 Å². The van der Waals surface area contributed by atoms with E-state index in [1.807, 2.05) is 59.3 Å². The van der Waals surface area contributed by atoms with Crippen molar-refractivity contribution in [2.45, 2.75) is 0 Å². The molecule has 0 bridgehead atoms. The van der Waals surface area contributed by atoms with Crippen molar-refractivity contribution < 1.29 is 0 Å². The van der Waals surface area contributed by atoms with Crippen LogP contribution in [0.2, 0.25) is 5.02 Å². The van der Waals surface area contributed by atoms with Crippen LogP contribution in [0.25, 0.3) is 28.0 Å². The maximum absolute atomic E-state index is 5.97. The summed E-state index contributed by atoms with van der Waals surface area (Å²) in [5, 5.41) is 6.34. The second-order valence-electron chi connectivity index (χ2n) is 4.86. The van der Waals surface area contributed by atoms with Crippen LogP contribution < -0.4 is 0 Å². The van der Waals surface area contributed by atoms with Gasteiger partial charge in [-0.15, -0.1) is 0 Å². The second-order valence-corrected chi connectivity index (χ2v) is 5.30. The van der Waals surface area contributed by atoms with E-state index in [4.69, 9.17) is 16.7 Å². The molecule has 0 amide bonds. The Bertz CT molecular complexity index is 930. The molecule has 2 aromatic heterocycles. The van der Waals surface area contributed by atoms with Crippen molar-refractivity contribution in [2.75, 3.05) is 0 Å². The van der Waals surface area contributed by atoms with E-state index in [1.54, 1.807) is 6.20 Å². The summed E-state index contributed by atoms with van der Waals surface area (Å²) >= 11 is 5.97. The van der Waals surface area contributed by atoms with Gasteiger partial charge in [-0.1, -0.05) is 41.9 Å². The van der Waals surface area contributed by atoms with Crippen LogP contribution in [0.1, 0.15) is 0 Å². The van der Waals surface area contributed by atoms with Crippen LogP contribution in [0.4, 0.5) is 0 Å².